The quantitative estimate of drug-likeness (QED) is 0.613. The van der Waals surface area contributed by atoms with Gasteiger partial charge in [0, 0.05) is 11.8 Å². The van der Waals surface area contributed by atoms with Gasteiger partial charge >= 0.3 is 0 Å². The predicted molar refractivity (Wildman–Crippen MR) is 88.7 cm³/mol. The van der Waals surface area contributed by atoms with Crippen molar-refractivity contribution in [2.45, 2.75) is 0 Å². The Balaban J connectivity index is 1.54. The molecule has 1 aromatic carbocycles. The molecular formula is C16H14N6O3. The van der Waals surface area contributed by atoms with Crippen molar-refractivity contribution in [1.29, 1.82) is 0 Å². The first-order valence-electron chi connectivity index (χ1n) is 7.28. The molecule has 0 atom stereocenters. The number of carbonyl (C=O) groups is 2. The van der Waals surface area contributed by atoms with Crippen LogP contribution in [0.4, 0.5) is 5.95 Å². The predicted octanol–water partition coefficient (Wildman–Crippen LogP) is 0.983. The number of amides is 2. The molecular weight excluding hydrogens is 324 g/mol. The number of benzene rings is 1. The van der Waals surface area contributed by atoms with Gasteiger partial charge in [0.25, 0.3) is 5.91 Å². The molecule has 0 fully saturated rings. The van der Waals surface area contributed by atoms with E-state index < -0.39 is 11.8 Å². The van der Waals surface area contributed by atoms with Crippen LogP contribution in [0.25, 0.3) is 11.5 Å². The summed E-state index contributed by atoms with van der Waals surface area (Å²) in [6, 6.07) is 11.5. The topological polar surface area (TPSA) is 136 Å². The highest BCUT2D eigenvalue weighted by Gasteiger charge is 2.10. The van der Waals surface area contributed by atoms with Gasteiger partial charge in [0.15, 0.2) is 12.4 Å². The smallest absolute Gasteiger partial charge is 0.264 e. The first kappa shape index (κ1) is 16.1. The fourth-order valence-corrected chi connectivity index (χ4v) is 1.97. The summed E-state index contributed by atoms with van der Waals surface area (Å²) in [7, 11) is 0. The number of hydrogen-bond donors (Lipinski definition) is 3. The number of pyridine rings is 1. The summed E-state index contributed by atoms with van der Waals surface area (Å²) >= 11 is 0. The van der Waals surface area contributed by atoms with Gasteiger partial charge in [-0.2, -0.15) is 0 Å². The molecule has 0 bridgehead atoms. The Morgan fingerprint density at radius 2 is 1.92 bits per heavy atom. The second-order valence-corrected chi connectivity index (χ2v) is 4.96. The Morgan fingerprint density at radius 1 is 1.12 bits per heavy atom. The minimum absolute atomic E-state index is 0.193. The number of anilines is 1. The van der Waals surface area contributed by atoms with Crippen molar-refractivity contribution in [3.05, 3.63) is 54.2 Å². The minimum Gasteiger partial charge on any atom is -0.484 e. The molecule has 4 N–H and O–H groups in total. The van der Waals surface area contributed by atoms with E-state index in [4.69, 9.17) is 10.5 Å². The lowest BCUT2D eigenvalue weighted by Gasteiger charge is -2.06. The molecule has 2 aromatic heterocycles. The average Bonchev–Trinajstić information content (AvgIpc) is 3.09. The Hall–Kier alpha value is -3.75. The van der Waals surface area contributed by atoms with E-state index in [1.54, 1.807) is 30.5 Å². The van der Waals surface area contributed by atoms with Crippen LogP contribution in [0.5, 0.6) is 5.75 Å². The molecule has 0 saturated carbocycles. The summed E-state index contributed by atoms with van der Waals surface area (Å²) in [4.78, 5) is 29.9. The first-order chi connectivity index (χ1) is 12.1. The second-order valence-electron chi connectivity index (χ2n) is 4.96. The largest absolute Gasteiger partial charge is 0.484 e. The van der Waals surface area contributed by atoms with Gasteiger partial charge in [-0.1, -0.05) is 6.07 Å². The number of nitrogens with one attached hydrogen (secondary N) is 2. The van der Waals surface area contributed by atoms with E-state index in [-0.39, 0.29) is 12.6 Å². The minimum atomic E-state index is -0.529. The average molecular weight is 338 g/mol. The number of H-pyrrole nitrogens is 1. The lowest BCUT2D eigenvalue weighted by molar-refractivity contribution is -0.118. The van der Waals surface area contributed by atoms with Crippen molar-refractivity contribution in [2.24, 2.45) is 5.73 Å². The van der Waals surface area contributed by atoms with E-state index >= 15 is 0 Å². The summed E-state index contributed by atoms with van der Waals surface area (Å²) in [5.74, 6) is 0.130. The molecule has 0 unspecified atom stereocenters. The SMILES string of the molecule is NC(=O)c1ccc(OCC(=O)Nc2nnc(-c3ccccn3)[nH]2)cc1. The lowest BCUT2D eigenvalue weighted by atomic mass is 10.2. The highest BCUT2D eigenvalue weighted by atomic mass is 16.5. The maximum atomic E-state index is 11.9. The summed E-state index contributed by atoms with van der Waals surface area (Å²) in [5.41, 5.74) is 6.13. The van der Waals surface area contributed by atoms with Crippen LogP contribution in [-0.2, 0) is 4.79 Å². The van der Waals surface area contributed by atoms with Crippen LogP contribution in [0.3, 0.4) is 0 Å². The monoisotopic (exact) mass is 338 g/mol. The van der Waals surface area contributed by atoms with Crippen LogP contribution >= 0.6 is 0 Å². The molecule has 9 nitrogen and oxygen atoms in total. The molecule has 9 heteroatoms. The zero-order valence-corrected chi connectivity index (χ0v) is 13.0. The zero-order chi connectivity index (χ0) is 17.6. The Morgan fingerprint density at radius 3 is 2.60 bits per heavy atom. The molecule has 0 radical (unpaired) electrons. The van der Waals surface area contributed by atoms with E-state index in [2.05, 4.69) is 25.5 Å². The maximum Gasteiger partial charge on any atom is 0.264 e. The molecule has 3 aromatic rings. The highest BCUT2D eigenvalue weighted by molar-refractivity contribution is 5.93. The Bertz CT molecular complexity index is 876. The van der Waals surface area contributed by atoms with Crippen LogP contribution in [-0.4, -0.2) is 38.6 Å². The van der Waals surface area contributed by atoms with E-state index in [1.807, 2.05) is 6.07 Å². The van der Waals surface area contributed by atoms with Crippen molar-refractivity contribution in [1.82, 2.24) is 20.2 Å². The number of nitrogens with zero attached hydrogens (tertiary/aromatic N) is 3. The van der Waals surface area contributed by atoms with E-state index in [9.17, 15) is 9.59 Å². The van der Waals surface area contributed by atoms with Crippen LogP contribution in [0, 0.1) is 0 Å². The molecule has 3 rings (SSSR count). The lowest BCUT2D eigenvalue weighted by Crippen LogP contribution is -2.21. The standard InChI is InChI=1S/C16H14N6O3/c17-14(24)10-4-6-11(7-5-10)25-9-13(23)19-16-20-15(21-22-16)12-3-1-2-8-18-12/h1-8H,9H2,(H2,17,24)(H2,19,20,21,22,23). The van der Waals surface area contributed by atoms with Gasteiger partial charge in [0.05, 0.1) is 0 Å². The summed E-state index contributed by atoms with van der Waals surface area (Å²) in [6.45, 7) is -0.227. The van der Waals surface area contributed by atoms with Crippen molar-refractivity contribution in [3.63, 3.8) is 0 Å². The zero-order valence-electron chi connectivity index (χ0n) is 13.0. The molecule has 0 aliphatic rings. The molecule has 25 heavy (non-hydrogen) atoms. The van der Waals surface area contributed by atoms with Gasteiger partial charge < -0.3 is 15.5 Å². The summed E-state index contributed by atoms with van der Waals surface area (Å²) in [6.07, 6.45) is 1.63. The van der Waals surface area contributed by atoms with Crippen molar-refractivity contribution in [3.8, 4) is 17.3 Å². The maximum absolute atomic E-state index is 11.9. The summed E-state index contributed by atoms with van der Waals surface area (Å²) < 4.78 is 5.33. The fourth-order valence-electron chi connectivity index (χ4n) is 1.97. The number of rotatable bonds is 6. The third-order valence-electron chi connectivity index (χ3n) is 3.16. The highest BCUT2D eigenvalue weighted by Crippen LogP contribution is 2.13. The number of hydrogen-bond acceptors (Lipinski definition) is 6. The van der Waals surface area contributed by atoms with Crippen LogP contribution < -0.4 is 15.8 Å². The van der Waals surface area contributed by atoms with Gasteiger partial charge in [0.2, 0.25) is 11.9 Å². The van der Waals surface area contributed by atoms with E-state index in [0.29, 0.717) is 22.8 Å². The number of ether oxygens (including phenoxy) is 1. The fraction of sp³-hybridized carbons (Fsp3) is 0.0625. The normalized spacial score (nSPS) is 10.2. The van der Waals surface area contributed by atoms with Gasteiger partial charge in [-0.15, -0.1) is 10.2 Å². The molecule has 2 heterocycles. The molecule has 0 saturated heterocycles. The van der Waals surface area contributed by atoms with Gasteiger partial charge in [0.1, 0.15) is 11.4 Å². The number of carbonyl (C=O) groups excluding carboxylic acids is 2. The molecule has 0 aliphatic carbocycles. The first-order valence-corrected chi connectivity index (χ1v) is 7.28. The van der Waals surface area contributed by atoms with Crippen molar-refractivity contribution >= 4 is 17.8 Å². The van der Waals surface area contributed by atoms with Gasteiger partial charge in [-0.05, 0) is 36.4 Å². The number of aromatic amines is 1. The molecule has 0 spiro atoms. The third kappa shape index (κ3) is 4.16. The van der Waals surface area contributed by atoms with Gasteiger partial charge in [-0.25, -0.2) is 0 Å². The Labute approximate surface area is 142 Å². The number of nitrogens with two attached hydrogens (primary N) is 1. The van der Waals surface area contributed by atoms with Crippen LogP contribution in [0.2, 0.25) is 0 Å². The molecule has 0 aliphatic heterocycles. The van der Waals surface area contributed by atoms with Crippen molar-refractivity contribution in [2.75, 3.05) is 11.9 Å². The van der Waals surface area contributed by atoms with E-state index in [0.717, 1.165) is 0 Å². The molecule has 2 amide bonds. The van der Waals surface area contributed by atoms with Crippen molar-refractivity contribution < 1.29 is 14.3 Å². The third-order valence-corrected chi connectivity index (χ3v) is 3.16. The number of aromatic nitrogens is 4. The van der Waals surface area contributed by atoms with Gasteiger partial charge in [-0.3, -0.25) is 19.9 Å². The van der Waals surface area contributed by atoms with Crippen LogP contribution in [0.15, 0.2) is 48.7 Å². The Kier molecular flexibility index (Phi) is 4.65. The number of primary amides is 1. The van der Waals surface area contributed by atoms with E-state index in [1.165, 1.54) is 12.1 Å². The molecule has 126 valence electrons. The van der Waals surface area contributed by atoms with Crippen LogP contribution in [0.1, 0.15) is 10.4 Å². The summed E-state index contributed by atoms with van der Waals surface area (Å²) in [5, 5.41) is 10.3. The second kappa shape index (κ2) is 7.21.